The number of benzene rings is 1. The van der Waals surface area contributed by atoms with Crippen molar-refractivity contribution in [2.45, 2.75) is 13.0 Å². The predicted molar refractivity (Wildman–Crippen MR) is 56.9 cm³/mol. The summed E-state index contributed by atoms with van der Waals surface area (Å²) in [5, 5.41) is 5.71. The van der Waals surface area contributed by atoms with Crippen molar-refractivity contribution < 1.29 is 4.79 Å². The van der Waals surface area contributed by atoms with Gasteiger partial charge in [-0.05, 0) is 19.5 Å². The Kier molecular flexibility index (Phi) is 4.13. The molecule has 0 bridgehead atoms. The van der Waals surface area contributed by atoms with E-state index in [0.717, 1.165) is 5.56 Å². The fraction of sp³-hybridized carbons (Fsp3) is 0.364. The maximum atomic E-state index is 11.3. The second-order valence-electron chi connectivity index (χ2n) is 3.23. The third kappa shape index (κ3) is 3.18. The first kappa shape index (κ1) is 10.7. The molecule has 0 aliphatic heterocycles. The SMILES string of the molecule is CNCC(=O)NC(C)c1ccccc1. The highest BCUT2D eigenvalue weighted by atomic mass is 16.1. The van der Waals surface area contributed by atoms with Gasteiger partial charge in [0, 0.05) is 0 Å². The van der Waals surface area contributed by atoms with E-state index in [1.807, 2.05) is 37.3 Å². The Labute approximate surface area is 84.5 Å². The van der Waals surface area contributed by atoms with E-state index >= 15 is 0 Å². The second kappa shape index (κ2) is 5.40. The van der Waals surface area contributed by atoms with Gasteiger partial charge in [-0.15, -0.1) is 0 Å². The Morgan fingerprint density at radius 1 is 1.36 bits per heavy atom. The zero-order chi connectivity index (χ0) is 10.4. The summed E-state index contributed by atoms with van der Waals surface area (Å²) in [6.45, 7) is 2.33. The topological polar surface area (TPSA) is 41.1 Å². The Bertz CT molecular complexity index is 285. The lowest BCUT2D eigenvalue weighted by atomic mass is 10.1. The van der Waals surface area contributed by atoms with Crippen molar-refractivity contribution in [2.24, 2.45) is 0 Å². The number of hydrogen-bond acceptors (Lipinski definition) is 2. The lowest BCUT2D eigenvalue weighted by Crippen LogP contribution is -2.33. The molecular weight excluding hydrogens is 176 g/mol. The first-order valence-corrected chi connectivity index (χ1v) is 4.73. The van der Waals surface area contributed by atoms with E-state index in [2.05, 4.69) is 10.6 Å². The Hall–Kier alpha value is -1.35. The van der Waals surface area contributed by atoms with Crippen LogP contribution in [0, 0.1) is 0 Å². The number of nitrogens with one attached hydrogen (secondary N) is 2. The predicted octanol–water partition coefficient (Wildman–Crippen LogP) is 1.08. The summed E-state index contributed by atoms with van der Waals surface area (Å²) in [7, 11) is 1.76. The average Bonchev–Trinajstić information content (AvgIpc) is 2.19. The fourth-order valence-electron chi connectivity index (χ4n) is 1.28. The van der Waals surface area contributed by atoms with Gasteiger partial charge in [-0.3, -0.25) is 4.79 Å². The van der Waals surface area contributed by atoms with Gasteiger partial charge in [-0.25, -0.2) is 0 Å². The third-order valence-electron chi connectivity index (χ3n) is 2.01. The van der Waals surface area contributed by atoms with Gasteiger partial charge in [-0.2, -0.15) is 0 Å². The maximum absolute atomic E-state index is 11.3. The molecule has 76 valence electrons. The number of rotatable bonds is 4. The smallest absolute Gasteiger partial charge is 0.234 e. The van der Waals surface area contributed by atoms with Crippen molar-refractivity contribution in [3.63, 3.8) is 0 Å². The molecule has 0 fully saturated rings. The van der Waals surface area contributed by atoms with Crippen LogP contribution in [0.2, 0.25) is 0 Å². The van der Waals surface area contributed by atoms with E-state index in [1.54, 1.807) is 7.05 Å². The molecule has 0 heterocycles. The standard InChI is InChI=1S/C11H16N2O/c1-9(13-11(14)8-12-2)10-6-4-3-5-7-10/h3-7,9,12H,8H2,1-2H3,(H,13,14). The highest BCUT2D eigenvalue weighted by Crippen LogP contribution is 2.10. The van der Waals surface area contributed by atoms with Crippen LogP contribution in [0.5, 0.6) is 0 Å². The van der Waals surface area contributed by atoms with Gasteiger partial charge < -0.3 is 10.6 Å². The minimum absolute atomic E-state index is 0.0175. The summed E-state index contributed by atoms with van der Waals surface area (Å²) in [4.78, 5) is 11.3. The molecule has 0 aromatic heterocycles. The summed E-state index contributed by atoms with van der Waals surface area (Å²) >= 11 is 0. The zero-order valence-corrected chi connectivity index (χ0v) is 8.58. The van der Waals surface area contributed by atoms with Crippen LogP contribution in [0.4, 0.5) is 0 Å². The van der Waals surface area contributed by atoms with Crippen molar-refractivity contribution >= 4 is 5.91 Å². The molecule has 1 aromatic rings. The van der Waals surface area contributed by atoms with Crippen LogP contribution in [0.25, 0.3) is 0 Å². The van der Waals surface area contributed by atoms with Crippen molar-refractivity contribution in [1.29, 1.82) is 0 Å². The molecule has 14 heavy (non-hydrogen) atoms. The molecule has 1 atom stereocenters. The Balaban J connectivity index is 2.50. The molecule has 0 saturated carbocycles. The van der Waals surface area contributed by atoms with Crippen molar-refractivity contribution in [3.05, 3.63) is 35.9 Å². The maximum Gasteiger partial charge on any atom is 0.234 e. The summed E-state index contributed by atoms with van der Waals surface area (Å²) < 4.78 is 0. The molecule has 3 heteroatoms. The molecule has 1 rings (SSSR count). The van der Waals surface area contributed by atoms with Gasteiger partial charge in [0.1, 0.15) is 0 Å². The van der Waals surface area contributed by atoms with Gasteiger partial charge in [-0.1, -0.05) is 30.3 Å². The van der Waals surface area contributed by atoms with Crippen molar-refractivity contribution in [1.82, 2.24) is 10.6 Å². The number of carbonyl (C=O) groups is 1. The number of carbonyl (C=O) groups excluding carboxylic acids is 1. The molecule has 0 radical (unpaired) electrons. The lowest BCUT2D eigenvalue weighted by molar-refractivity contribution is -0.120. The molecule has 0 aliphatic rings. The highest BCUT2D eigenvalue weighted by molar-refractivity contribution is 5.78. The van der Waals surface area contributed by atoms with Gasteiger partial charge >= 0.3 is 0 Å². The minimum atomic E-state index is 0.0175. The van der Waals surface area contributed by atoms with Gasteiger partial charge in [0.2, 0.25) is 5.91 Å². The van der Waals surface area contributed by atoms with Crippen molar-refractivity contribution in [2.75, 3.05) is 13.6 Å². The van der Waals surface area contributed by atoms with E-state index in [4.69, 9.17) is 0 Å². The van der Waals surface area contributed by atoms with Crippen LogP contribution in [0.3, 0.4) is 0 Å². The number of hydrogen-bond donors (Lipinski definition) is 2. The van der Waals surface area contributed by atoms with E-state index < -0.39 is 0 Å². The summed E-state index contributed by atoms with van der Waals surface area (Å²) in [6.07, 6.45) is 0. The number of amides is 1. The van der Waals surface area contributed by atoms with Crippen LogP contribution in [-0.4, -0.2) is 19.5 Å². The largest absolute Gasteiger partial charge is 0.348 e. The summed E-state index contributed by atoms with van der Waals surface area (Å²) in [5.74, 6) is 0.0175. The van der Waals surface area contributed by atoms with Crippen LogP contribution in [0.15, 0.2) is 30.3 Å². The van der Waals surface area contributed by atoms with Crippen LogP contribution in [0.1, 0.15) is 18.5 Å². The summed E-state index contributed by atoms with van der Waals surface area (Å²) in [5.41, 5.74) is 1.12. The van der Waals surface area contributed by atoms with E-state index in [1.165, 1.54) is 0 Å². The van der Waals surface area contributed by atoms with Crippen molar-refractivity contribution in [3.8, 4) is 0 Å². The summed E-state index contributed by atoms with van der Waals surface area (Å²) in [6, 6.07) is 9.98. The fourth-order valence-corrected chi connectivity index (χ4v) is 1.28. The molecule has 3 nitrogen and oxygen atoms in total. The van der Waals surface area contributed by atoms with Crippen LogP contribution < -0.4 is 10.6 Å². The minimum Gasteiger partial charge on any atom is -0.348 e. The lowest BCUT2D eigenvalue weighted by Gasteiger charge is -2.13. The first-order chi connectivity index (χ1) is 6.74. The van der Waals surface area contributed by atoms with Gasteiger partial charge in [0.15, 0.2) is 0 Å². The normalized spacial score (nSPS) is 12.1. The van der Waals surface area contributed by atoms with Gasteiger partial charge in [0.25, 0.3) is 0 Å². The number of likely N-dealkylation sites (N-methyl/N-ethyl adjacent to an activating group) is 1. The first-order valence-electron chi connectivity index (χ1n) is 4.73. The zero-order valence-electron chi connectivity index (χ0n) is 8.58. The van der Waals surface area contributed by atoms with Gasteiger partial charge in [0.05, 0.1) is 12.6 Å². The molecule has 1 aromatic carbocycles. The molecular formula is C11H16N2O. The molecule has 0 spiro atoms. The molecule has 1 amide bonds. The molecule has 2 N–H and O–H groups in total. The second-order valence-corrected chi connectivity index (χ2v) is 3.23. The highest BCUT2D eigenvalue weighted by Gasteiger charge is 2.07. The molecule has 0 saturated heterocycles. The average molecular weight is 192 g/mol. The third-order valence-corrected chi connectivity index (χ3v) is 2.01. The Morgan fingerprint density at radius 2 is 2.00 bits per heavy atom. The van der Waals surface area contributed by atoms with Crippen LogP contribution in [-0.2, 0) is 4.79 Å². The monoisotopic (exact) mass is 192 g/mol. The van der Waals surface area contributed by atoms with E-state index in [9.17, 15) is 4.79 Å². The Morgan fingerprint density at radius 3 is 2.57 bits per heavy atom. The molecule has 1 unspecified atom stereocenters. The van der Waals surface area contributed by atoms with E-state index in [-0.39, 0.29) is 11.9 Å². The van der Waals surface area contributed by atoms with E-state index in [0.29, 0.717) is 6.54 Å². The quantitative estimate of drug-likeness (QED) is 0.749. The molecule has 0 aliphatic carbocycles. The van der Waals surface area contributed by atoms with Crippen LogP contribution >= 0.6 is 0 Å².